The molecule has 7 heteroatoms. The number of rotatable bonds is 5. The number of hydrogen-bond donors (Lipinski definition) is 0. The number of thiazole rings is 1. The Morgan fingerprint density at radius 3 is 2.53 bits per heavy atom. The molecule has 0 amide bonds. The summed E-state index contributed by atoms with van der Waals surface area (Å²) in [7, 11) is 0. The van der Waals surface area contributed by atoms with Crippen LogP contribution in [0.25, 0.3) is 11.8 Å². The third kappa shape index (κ3) is 4.57. The largest absolute Gasteiger partial charge is 0.463 e. The molecule has 0 N–H and O–H groups in total. The van der Waals surface area contributed by atoms with E-state index in [4.69, 9.17) is 21.3 Å². The fourth-order valence-corrected chi connectivity index (χ4v) is 5.44. The van der Waals surface area contributed by atoms with Crippen LogP contribution < -0.4 is 14.9 Å². The lowest BCUT2D eigenvalue weighted by Gasteiger charge is -2.25. The van der Waals surface area contributed by atoms with Crippen molar-refractivity contribution in [1.82, 2.24) is 4.57 Å². The van der Waals surface area contributed by atoms with E-state index in [0.717, 1.165) is 22.3 Å². The van der Waals surface area contributed by atoms with Crippen LogP contribution >= 0.6 is 22.9 Å². The number of nitrogens with zero attached hydrogens (tertiary/aromatic N) is 2. The van der Waals surface area contributed by atoms with Gasteiger partial charge in [-0.3, -0.25) is 9.36 Å². The molecular formula is C29H23ClN2O3S. The maximum Gasteiger partial charge on any atom is 0.338 e. The fourth-order valence-electron chi connectivity index (χ4n) is 4.31. The summed E-state index contributed by atoms with van der Waals surface area (Å²) < 4.78 is 7.61. The zero-order chi connectivity index (χ0) is 25.2. The Morgan fingerprint density at radius 2 is 1.83 bits per heavy atom. The van der Waals surface area contributed by atoms with Gasteiger partial charge in [0.15, 0.2) is 4.80 Å². The predicted octanol–water partition coefficient (Wildman–Crippen LogP) is 4.90. The van der Waals surface area contributed by atoms with Crippen molar-refractivity contribution in [3.8, 4) is 0 Å². The molecule has 1 aromatic heterocycles. The molecule has 0 unspecified atom stereocenters. The molecule has 0 fully saturated rings. The van der Waals surface area contributed by atoms with Crippen molar-refractivity contribution in [2.75, 3.05) is 6.61 Å². The summed E-state index contributed by atoms with van der Waals surface area (Å²) in [4.78, 5) is 32.6. The van der Waals surface area contributed by atoms with E-state index in [9.17, 15) is 9.59 Å². The van der Waals surface area contributed by atoms with E-state index in [1.807, 2.05) is 79.7 Å². The van der Waals surface area contributed by atoms with Gasteiger partial charge in [0.05, 0.1) is 28.5 Å². The van der Waals surface area contributed by atoms with Gasteiger partial charge in [-0.15, -0.1) is 0 Å². The molecule has 0 saturated carbocycles. The molecule has 0 spiro atoms. The Balaban J connectivity index is 1.83. The summed E-state index contributed by atoms with van der Waals surface area (Å²) in [6.07, 6.45) is 1.87. The van der Waals surface area contributed by atoms with Crippen molar-refractivity contribution < 1.29 is 9.53 Å². The van der Waals surface area contributed by atoms with E-state index in [0.29, 0.717) is 25.6 Å². The lowest BCUT2D eigenvalue weighted by molar-refractivity contribution is -0.138. The first-order chi connectivity index (χ1) is 17.5. The van der Waals surface area contributed by atoms with Gasteiger partial charge in [-0.1, -0.05) is 95.2 Å². The lowest BCUT2D eigenvalue weighted by atomic mass is 9.93. The molecule has 5 rings (SSSR count). The van der Waals surface area contributed by atoms with Crippen LogP contribution in [-0.2, 0) is 9.53 Å². The van der Waals surface area contributed by atoms with E-state index >= 15 is 0 Å². The molecule has 4 aromatic rings. The van der Waals surface area contributed by atoms with Gasteiger partial charge in [-0.25, -0.2) is 9.79 Å². The molecule has 1 aliphatic rings. The Bertz CT molecular complexity index is 1650. The predicted molar refractivity (Wildman–Crippen MR) is 144 cm³/mol. The molecular weight excluding hydrogens is 492 g/mol. The summed E-state index contributed by atoms with van der Waals surface area (Å²) in [6, 6.07) is 23.9. The monoisotopic (exact) mass is 514 g/mol. The average molecular weight is 515 g/mol. The first-order valence-corrected chi connectivity index (χ1v) is 12.8. The van der Waals surface area contributed by atoms with Gasteiger partial charge in [-0.05, 0) is 43.2 Å². The second-order valence-electron chi connectivity index (χ2n) is 8.40. The van der Waals surface area contributed by atoms with Crippen LogP contribution in [0.5, 0.6) is 0 Å². The van der Waals surface area contributed by atoms with Gasteiger partial charge in [0.2, 0.25) is 0 Å². The van der Waals surface area contributed by atoms with Gasteiger partial charge in [-0.2, -0.15) is 0 Å². The highest BCUT2D eigenvalue weighted by Gasteiger charge is 2.35. The van der Waals surface area contributed by atoms with Crippen LogP contribution in [0.15, 0.2) is 94.2 Å². The Hall–Kier alpha value is -3.74. The molecule has 1 atom stereocenters. The van der Waals surface area contributed by atoms with E-state index in [1.54, 1.807) is 23.6 Å². The number of fused-ring (bicyclic) bond motifs is 1. The van der Waals surface area contributed by atoms with Gasteiger partial charge >= 0.3 is 5.97 Å². The first-order valence-electron chi connectivity index (χ1n) is 11.6. The third-order valence-corrected chi connectivity index (χ3v) is 7.13. The smallest absolute Gasteiger partial charge is 0.338 e. The summed E-state index contributed by atoms with van der Waals surface area (Å²) in [5.74, 6) is -0.506. The van der Waals surface area contributed by atoms with Crippen molar-refractivity contribution in [3.63, 3.8) is 0 Å². The van der Waals surface area contributed by atoms with Crippen LogP contribution in [0.4, 0.5) is 0 Å². The molecule has 2 heterocycles. The number of carbonyl (C=O) groups is 1. The SMILES string of the molecule is CCOC(=O)C1=C(c2ccccc2)N=c2s/c(=C/c3cccc(C)c3)c(=O)n2[C@H]1c1ccc(Cl)cc1. The second kappa shape index (κ2) is 10.1. The molecule has 5 nitrogen and oxygen atoms in total. The fraction of sp³-hybridized carbons (Fsp3) is 0.138. The van der Waals surface area contributed by atoms with E-state index in [-0.39, 0.29) is 12.2 Å². The minimum atomic E-state index is -0.715. The number of benzene rings is 3. The normalized spacial score (nSPS) is 15.4. The molecule has 0 radical (unpaired) electrons. The Morgan fingerprint density at radius 1 is 1.08 bits per heavy atom. The van der Waals surface area contributed by atoms with Crippen LogP contribution in [0.1, 0.15) is 35.2 Å². The Kier molecular flexibility index (Phi) is 6.72. The van der Waals surface area contributed by atoms with E-state index in [2.05, 4.69) is 0 Å². The number of halogens is 1. The molecule has 3 aromatic carbocycles. The average Bonchev–Trinajstić information content (AvgIpc) is 3.19. The van der Waals surface area contributed by atoms with Crippen molar-refractivity contribution in [1.29, 1.82) is 0 Å². The number of esters is 1. The molecule has 1 aliphatic heterocycles. The molecule has 0 aliphatic carbocycles. The summed E-state index contributed by atoms with van der Waals surface area (Å²) in [5, 5.41) is 0.565. The van der Waals surface area contributed by atoms with Crippen LogP contribution in [-0.4, -0.2) is 17.1 Å². The van der Waals surface area contributed by atoms with Crippen LogP contribution in [0, 0.1) is 6.92 Å². The summed E-state index contributed by atoms with van der Waals surface area (Å²) in [5.41, 5.74) is 4.15. The zero-order valence-electron chi connectivity index (χ0n) is 19.8. The lowest BCUT2D eigenvalue weighted by Crippen LogP contribution is -2.40. The Labute approximate surface area is 217 Å². The quantitative estimate of drug-likeness (QED) is 0.356. The van der Waals surface area contributed by atoms with Gasteiger partial charge in [0, 0.05) is 10.6 Å². The van der Waals surface area contributed by atoms with Crippen molar-refractivity contribution >= 4 is 40.7 Å². The molecule has 0 bridgehead atoms. The summed E-state index contributed by atoms with van der Waals surface area (Å²) >= 11 is 7.47. The summed E-state index contributed by atoms with van der Waals surface area (Å²) in [6.45, 7) is 3.97. The van der Waals surface area contributed by atoms with Crippen molar-refractivity contribution in [3.05, 3.63) is 131 Å². The van der Waals surface area contributed by atoms with Gasteiger partial charge in [0.25, 0.3) is 5.56 Å². The van der Waals surface area contributed by atoms with Gasteiger partial charge < -0.3 is 4.74 Å². The highest BCUT2D eigenvalue weighted by molar-refractivity contribution is 7.07. The highest BCUT2D eigenvalue weighted by atomic mass is 35.5. The van der Waals surface area contributed by atoms with Crippen molar-refractivity contribution in [2.45, 2.75) is 19.9 Å². The van der Waals surface area contributed by atoms with Crippen LogP contribution in [0.3, 0.4) is 0 Å². The standard InChI is InChI=1S/C29H23ClN2O3S/c1-3-35-28(34)24-25(20-10-5-4-6-11-20)31-29-32(26(24)21-12-14-22(30)15-13-21)27(33)23(36-29)17-19-9-7-8-18(2)16-19/h4-17,26H,3H2,1-2H3/b23-17+/t26-/m0/s1. The molecule has 180 valence electrons. The molecule has 36 heavy (non-hydrogen) atoms. The maximum absolute atomic E-state index is 13.8. The third-order valence-electron chi connectivity index (χ3n) is 5.90. The number of carbonyl (C=O) groups excluding carboxylic acids is 1. The number of aryl methyl sites for hydroxylation is 1. The second-order valence-corrected chi connectivity index (χ2v) is 9.84. The minimum absolute atomic E-state index is 0.204. The number of hydrogen-bond acceptors (Lipinski definition) is 5. The molecule has 0 saturated heterocycles. The number of ether oxygens (including phenoxy) is 1. The van der Waals surface area contributed by atoms with E-state index < -0.39 is 12.0 Å². The first kappa shape index (κ1) is 24.0. The zero-order valence-corrected chi connectivity index (χ0v) is 21.3. The maximum atomic E-state index is 13.8. The highest BCUT2D eigenvalue weighted by Crippen LogP contribution is 2.35. The topological polar surface area (TPSA) is 60.7 Å². The van der Waals surface area contributed by atoms with Crippen molar-refractivity contribution in [2.24, 2.45) is 4.99 Å². The minimum Gasteiger partial charge on any atom is -0.463 e. The van der Waals surface area contributed by atoms with E-state index in [1.165, 1.54) is 11.3 Å². The van der Waals surface area contributed by atoms with Crippen LogP contribution in [0.2, 0.25) is 5.02 Å². The number of aromatic nitrogens is 1. The van der Waals surface area contributed by atoms with Gasteiger partial charge in [0.1, 0.15) is 0 Å².